The second-order valence-corrected chi connectivity index (χ2v) is 12.0. The molecule has 0 spiro atoms. The predicted octanol–water partition coefficient (Wildman–Crippen LogP) is 6.40. The molecule has 0 aliphatic heterocycles. The van der Waals surface area contributed by atoms with Gasteiger partial charge in [0.1, 0.15) is 23.1 Å². The number of nitrogens with one attached hydrogen (secondary N) is 1. The summed E-state index contributed by atoms with van der Waals surface area (Å²) in [5, 5.41) is 9.40. The number of amides is 1. The number of rotatable bonds is 13. The molecule has 0 saturated carbocycles. The van der Waals surface area contributed by atoms with Gasteiger partial charge >= 0.3 is 22.5 Å². The van der Waals surface area contributed by atoms with Gasteiger partial charge in [-0.3, -0.25) is 0 Å². The summed E-state index contributed by atoms with van der Waals surface area (Å²) in [4.78, 5) is 15.8. The lowest BCUT2D eigenvalue weighted by atomic mass is 9.88. The molecule has 10 nitrogen and oxygen atoms in total. The molecule has 0 fully saturated rings. The Kier molecular flexibility index (Phi) is 10.9. The average molecular weight is 658 g/mol. The van der Waals surface area contributed by atoms with E-state index < -0.39 is 34.1 Å². The molecule has 1 unspecified atom stereocenters. The summed E-state index contributed by atoms with van der Waals surface area (Å²) in [6.45, 7) is 0.131. The van der Waals surface area contributed by atoms with Crippen molar-refractivity contribution in [3.05, 3.63) is 82.0 Å². The smallest absolute Gasteiger partial charge is 0.422 e. The van der Waals surface area contributed by atoms with Crippen LogP contribution in [0.1, 0.15) is 47.6 Å². The first-order valence-electron chi connectivity index (χ1n) is 13.6. The van der Waals surface area contributed by atoms with Crippen LogP contribution >= 0.6 is 11.6 Å². The molecule has 1 atom stereocenters. The van der Waals surface area contributed by atoms with Crippen LogP contribution < -0.4 is 14.2 Å². The highest BCUT2D eigenvalue weighted by Crippen LogP contribution is 2.37. The maximum absolute atomic E-state index is 13.2. The zero-order valence-corrected chi connectivity index (χ0v) is 25.2. The fourth-order valence-corrected chi connectivity index (χ4v) is 6.29. The highest BCUT2D eigenvalue weighted by molar-refractivity contribution is 7.87. The third-order valence-electron chi connectivity index (χ3n) is 6.91. The van der Waals surface area contributed by atoms with E-state index in [0.29, 0.717) is 40.9 Å². The first-order chi connectivity index (χ1) is 20.9. The van der Waals surface area contributed by atoms with Gasteiger partial charge in [0.2, 0.25) is 5.88 Å². The Labute approximate surface area is 257 Å². The van der Waals surface area contributed by atoms with Crippen LogP contribution in [0.5, 0.6) is 17.4 Å². The number of aryl methyl sites for hydroxylation is 2. The molecule has 15 heteroatoms. The van der Waals surface area contributed by atoms with E-state index in [1.807, 2.05) is 18.2 Å². The fourth-order valence-electron chi connectivity index (χ4n) is 4.78. The Bertz CT molecular complexity index is 1570. The summed E-state index contributed by atoms with van der Waals surface area (Å²) in [5.74, 6) is 0.202. The Morgan fingerprint density at radius 2 is 1.95 bits per heavy atom. The zero-order valence-electron chi connectivity index (χ0n) is 23.6. The summed E-state index contributed by atoms with van der Waals surface area (Å²) in [6.07, 6.45) is -3.41. The summed E-state index contributed by atoms with van der Waals surface area (Å²) in [6, 6.07) is 12.3. The van der Waals surface area contributed by atoms with Gasteiger partial charge in [-0.25, -0.2) is 9.78 Å². The number of hydrogen-bond donors (Lipinski definition) is 2. The molecular formula is C29H31ClF3N3O7S. The second kappa shape index (κ2) is 14.5. The molecule has 1 heterocycles. The third-order valence-corrected chi connectivity index (χ3v) is 8.68. The number of carbonyl (C=O) groups is 1. The van der Waals surface area contributed by atoms with E-state index in [9.17, 15) is 31.5 Å². The molecule has 0 radical (unpaired) electrons. The van der Waals surface area contributed by atoms with E-state index in [1.54, 1.807) is 18.2 Å². The summed E-state index contributed by atoms with van der Waals surface area (Å²) in [7, 11) is -2.91. The molecule has 1 aromatic heterocycles. The maximum atomic E-state index is 13.2. The Balaban J connectivity index is 1.50. The van der Waals surface area contributed by atoms with Crippen molar-refractivity contribution in [2.45, 2.75) is 44.3 Å². The largest absolute Gasteiger partial charge is 0.491 e. The number of benzene rings is 2. The van der Waals surface area contributed by atoms with Gasteiger partial charge in [-0.1, -0.05) is 41.9 Å². The first-order valence-corrected chi connectivity index (χ1v) is 15.5. The number of methoxy groups -OCH3 is 1. The molecule has 0 bridgehead atoms. The van der Waals surface area contributed by atoms with Crippen LogP contribution in [-0.4, -0.2) is 55.8 Å². The van der Waals surface area contributed by atoms with Gasteiger partial charge in [-0.15, -0.1) is 0 Å². The highest BCUT2D eigenvalue weighted by Gasteiger charge is 2.33. The van der Waals surface area contributed by atoms with Crippen molar-refractivity contribution in [1.82, 2.24) is 14.0 Å². The van der Waals surface area contributed by atoms with Crippen molar-refractivity contribution < 1.29 is 45.7 Å². The van der Waals surface area contributed by atoms with Crippen LogP contribution in [-0.2, 0) is 34.0 Å². The molecular weight excluding hydrogens is 627 g/mol. The molecule has 1 aliphatic carbocycles. The van der Waals surface area contributed by atoms with Gasteiger partial charge in [0.15, 0.2) is 0 Å². The lowest BCUT2D eigenvalue weighted by molar-refractivity contribution is -0.137. The van der Waals surface area contributed by atoms with E-state index in [-0.39, 0.29) is 42.6 Å². The van der Waals surface area contributed by atoms with Crippen molar-refractivity contribution in [3.8, 4) is 17.4 Å². The van der Waals surface area contributed by atoms with E-state index in [4.69, 9.17) is 25.8 Å². The molecule has 44 heavy (non-hydrogen) atoms. The predicted molar refractivity (Wildman–Crippen MR) is 155 cm³/mol. The van der Waals surface area contributed by atoms with Gasteiger partial charge < -0.3 is 19.3 Å². The van der Waals surface area contributed by atoms with Crippen LogP contribution in [0.25, 0.3) is 0 Å². The minimum absolute atomic E-state index is 0.0584. The Morgan fingerprint density at radius 3 is 2.66 bits per heavy atom. The minimum atomic E-state index is -4.65. The fraction of sp³-hybridized carbons (Fsp3) is 0.379. The number of aromatic nitrogens is 1. The van der Waals surface area contributed by atoms with Crippen LogP contribution in [0.4, 0.5) is 18.0 Å². The lowest BCUT2D eigenvalue weighted by Gasteiger charge is -2.28. The molecule has 2 N–H and O–H groups in total. The minimum Gasteiger partial charge on any atom is -0.491 e. The van der Waals surface area contributed by atoms with Crippen molar-refractivity contribution in [1.29, 1.82) is 0 Å². The molecule has 0 saturated heterocycles. The van der Waals surface area contributed by atoms with E-state index in [0.717, 1.165) is 24.0 Å². The van der Waals surface area contributed by atoms with Gasteiger partial charge in [-0.2, -0.15) is 30.6 Å². The molecule has 1 amide bonds. The van der Waals surface area contributed by atoms with Crippen molar-refractivity contribution in [2.75, 3.05) is 26.9 Å². The van der Waals surface area contributed by atoms with E-state index in [2.05, 4.69) is 9.71 Å². The monoisotopic (exact) mass is 657 g/mol. The number of carboxylic acid groups (broad SMARTS) is 1. The Morgan fingerprint density at radius 1 is 1.18 bits per heavy atom. The Hall–Kier alpha value is -3.59. The topological polar surface area (TPSA) is 127 Å². The van der Waals surface area contributed by atoms with Crippen LogP contribution in [0.15, 0.2) is 54.7 Å². The van der Waals surface area contributed by atoms with Gasteiger partial charge in [0.25, 0.3) is 0 Å². The van der Waals surface area contributed by atoms with Crippen LogP contribution in [0.3, 0.4) is 0 Å². The van der Waals surface area contributed by atoms with Crippen molar-refractivity contribution in [2.24, 2.45) is 0 Å². The number of halogens is 4. The molecule has 1 aliphatic rings. The van der Waals surface area contributed by atoms with Gasteiger partial charge in [0, 0.05) is 32.0 Å². The summed E-state index contributed by atoms with van der Waals surface area (Å²) in [5.41, 5.74) is 1.27. The second-order valence-electron chi connectivity index (χ2n) is 9.95. The summed E-state index contributed by atoms with van der Waals surface area (Å²) >= 11 is 6.04. The lowest BCUT2D eigenvalue weighted by Crippen LogP contribution is -2.46. The molecule has 238 valence electrons. The SMILES string of the molecule is COCCOc1ccc(CCCN(C(=O)O)S(=O)(=O)NC2CCCc3ccccc32)c(Oc2ncc(C(F)(F)F)cc2Cl)c1. The van der Waals surface area contributed by atoms with Crippen molar-refractivity contribution in [3.63, 3.8) is 0 Å². The molecule has 4 rings (SSSR count). The van der Waals surface area contributed by atoms with E-state index >= 15 is 0 Å². The number of ether oxygens (including phenoxy) is 3. The zero-order chi connectivity index (χ0) is 31.9. The standard InChI is InChI=1S/C29H31ClF3N3O7S/c1-41-14-15-42-22-12-11-20(26(17-22)43-27-24(30)16-21(18-34-27)29(31,32)33)8-5-13-36(28(37)38)44(39,40)35-25-10-4-7-19-6-2-3-9-23(19)25/h2-3,6,9,11-12,16-18,25,35H,4-5,7-8,10,13-15H2,1H3,(H,37,38). The number of nitrogens with zero attached hydrogens (tertiary/aromatic N) is 2. The quantitative estimate of drug-likeness (QED) is 0.202. The number of pyridine rings is 1. The number of alkyl halides is 3. The number of fused-ring (bicyclic) bond motifs is 1. The highest BCUT2D eigenvalue weighted by atomic mass is 35.5. The maximum Gasteiger partial charge on any atom is 0.422 e. The average Bonchev–Trinajstić information content (AvgIpc) is 2.96. The first kappa shape index (κ1) is 33.3. The third kappa shape index (κ3) is 8.52. The summed E-state index contributed by atoms with van der Waals surface area (Å²) < 4.78 is 84.9. The van der Waals surface area contributed by atoms with Crippen LogP contribution in [0, 0.1) is 0 Å². The molecule has 3 aromatic rings. The van der Waals surface area contributed by atoms with Gasteiger partial charge in [0.05, 0.1) is 12.2 Å². The van der Waals surface area contributed by atoms with Crippen molar-refractivity contribution >= 4 is 27.9 Å². The van der Waals surface area contributed by atoms with E-state index in [1.165, 1.54) is 13.2 Å². The van der Waals surface area contributed by atoms with Crippen LogP contribution in [0.2, 0.25) is 5.02 Å². The van der Waals surface area contributed by atoms with Gasteiger partial charge in [-0.05, 0) is 60.9 Å². The molecule has 2 aromatic carbocycles. The number of hydrogen-bond acceptors (Lipinski definition) is 7. The normalized spacial score (nSPS) is 15.0.